The number of nitrogens with one attached hydrogen (secondary N) is 2. The number of aliphatic imine (C=N–C) groups is 1. The highest BCUT2D eigenvalue weighted by Gasteiger charge is 2.16. The van der Waals surface area contributed by atoms with Crippen molar-refractivity contribution in [2.45, 2.75) is 46.0 Å². The lowest BCUT2D eigenvalue weighted by Crippen LogP contribution is -2.39. The highest BCUT2D eigenvalue weighted by Crippen LogP contribution is 2.15. The second-order valence-corrected chi connectivity index (χ2v) is 6.21. The molecule has 0 atom stereocenters. The normalized spacial score (nSPS) is 17.7. The summed E-state index contributed by atoms with van der Waals surface area (Å²) in [5.41, 5.74) is 0. The van der Waals surface area contributed by atoms with Gasteiger partial charge in [0.05, 0.1) is 0 Å². The van der Waals surface area contributed by atoms with Gasteiger partial charge in [-0.2, -0.15) is 0 Å². The van der Waals surface area contributed by atoms with Crippen LogP contribution in [0.5, 0.6) is 0 Å². The molecule has 0 aromatic heterocycles. The number of rotatable bonds is 10. The number of nitrogens with zero attached hydrogens (tertiary/aromatic N) is 2. The Morgan fingerprint density at radius 3 is 2.55 bits per heavy atom. The average Bonchev–Trinajstić information content (AvgIpc) is 2.53. The van der Waals surface area contributed by atoms with Gasteiger partial charge >= 0.3 is 0 Å². The third-order valence-corrected chi connectivity index (χ3v) is 4.09. The van der Waals surface area contributed by atoms with Crippen molar-refractivity contribution >= 4 is 5.96 Å². The van der Waals surface area contributed by atoms with Gasteiger partial charge < -0.3 is 20.3 Å². The van der Waals surface area contributed by atoms with Gasteiger partial charge in [0.1, 0.15) is 0 Å². The molecule has 1 fully saturated rings. The Balaban J connectivity index is 2.15. The topological polar surface area (TPSA) is 48.9 Å². The van der Waals surface area contributed by atoms with E-state index < -0.39 is 0 Å². The molecular weight excluding hydrogens is 276 g/mol. The van der Waals surface area contributed by atoms with Crippen molar-refractivity contribution < 1.29 is 4.74 Å². The molecule has 1 aliphatic heterocycles. The molecule has 22 heavy (non-hydrogen) atoms. The van der Waals surface area contributed by atoms with Crippen LogP contribution in [0.1, 0.15) is 46.0 Å². The second-order valence-electron chi connectivity index (χ2n) is 6.21. The number of likely N-dealkylation sites (tertiary alicyclic amines) is 1. The molecule has 5 heteroatoms. The zero-order chi connectivity index (χ0) is 16.0. The van der Waals surface area contributed by atoms with Gasteiger partial charge in [0, 0.05) is 32.8 Å². The third-order valence-electron chi connectivity index (χ3n) is 4.09. The van der Waals surface area contributed by atoms with Gasteiger partial charge in [0.25, 0.3) is 0 Å². The molecule has 0 aliphatic carbocycles. The van der Waals surface area contributed by atoms with Crippen LogP contribution in [0.4, 0.5) is 0 Å². The number of hydrogen-bond donors (Lipinski definition) is 2. The molecule has 0 aromatic rings. The fourth-order valence-electron chi connectivity index (χ4n) is 2.54. The van der Waals surface area contributed by atoms with E-state index in [-0.39, 0.29) is 0 Å². The fraction of sp³-hybridized carbons (Fsp3) is 0.941. The molecule has 0 aromatic carbocycles. The first-order valence-corrected chi connectivity index (χ1v) is 9.04. The van der Waals surface area contributed by atoms with Gasteiger partial charge in [0.15, 0.2) is 5.96 Å². The van der Waals surface area contributed by atoms with Crippen LogP contribution in [-0.2, 0) is 4.74 Å². The minimum atomic E-state index is 0.740. The van der Waals surface area contributed by atoms with Crippen LogP contribution in [0.15, 0.2) is 4.99 Å². The summed E-state index contributed by atoms with van der Waals surface area (Å²) in [5.74, 6) is 1.69. The Bertz CT molecular complexity index is 288. The first kappa shape index (κ1) is 19.2. The van der Waals surface area contributed by atoms with E-state index >= 15 is 0 Å². The van der Waals surface area contributed by atoms with Crippen LogP contribution in [-0.4, -0.2) is 63.8 Å². The van der Waals surface area contributed by atoms with Crippen LogP contribution in [0, 0.1) is 5.92 Å². The second kappa shape index (κ2) is 12.7. The maximum Gasteiger partial charge on any atom is 0.191 e. The standard InChI is InChI=1S/C17H36N4O/c1-4-6-13-22-14-7-10-19-17(18-5-2)20-15-16-8-11-21(3)12-9-16/h16H,4-15H2,1-3H3,(H2,18,19,20). The first-order valence-electron chi connectivity index (χ1n) is 9.04. The molecule has 1 aliphatic rings. The molecule has 0 unspecified atom stereocenters. The first-order chi connectivity index (χ1) is 10.8. The van der Waals surface area contributed by atoms with Gasteiger partial charge in [-0.1, -0.05) is 13.3 Å². The predicted octanol–water partition coefficient (Wildman–Crippen LogP) is 2.09. The Labute approximate surface area is 136 Å². The van der Waals surface area contributed by atoms with Gasteiger partial charge in [-0.05, 0) is 58.7 Å². The number of piperidine rings is 1. The van der Waals surface area contributed by atoms with Crippen molar-refractivity contribution in [2.75, 3.05) is 53.0 Å². The fourth-order valence-corrected chi connectivity index (χ4v) is 2.54. The van der Waals surface area contributed by atoms with Crippen molar-refractivity contribution in [2.24, 2.45) is 10.9 Å². The predicted molar refractivity (Wildman–Crippen MR) is 94.5 cm³/mol. The van der Waals surface area contributed by atoms with E-state index in [1.54, 1.807) is 0 Å². The average molecular weight is 313 g/mol. The zero-order valence-corrected chi connectivity index (χ0v) is 14.9. The Kier molecular flexibility index (Phi) is 11.1. The summed E-state index contributed by atoms with van der Waals surface area (Å²) in [6.07, 6.45) is 5.93. The summed E-state index contributed by atoms with van der Waals surface area (Å²) in [6.45, 7) is 11.2. The molecule has 2 N–H and O–H groups in total. The van der Waals surface area contributed by atoms with E-state index in [9.17, 15) is 0 Å². The Hall–Kier alpha value is -0.810. The molecule has 0 saturated carbocycles. The molecule has 0 amide bonds. The van der Waals surface area contributed by atoms with Gasteiger partial charge in [-0.25, -0.2) is 0 Å². The lowest BCUT2D eigenvalue weighted by Gasteiger charge is -2.28. The van der Waals surface area contributed by atoms with Crippen molar-refractivity contribution in [1.82, 2.24) is 15.5 Å². The highest BCUT2D eigenvalue weighted by molar-refractivity contribution is 5.79. The van der Waals surface area contributed by atoms with Gasteiger partial charge in [-0.3, -0.25) is 4.99 Å². The SMILES string of the molecule is CCCCOCCCNC(=NCC1CCN(C)CC1)NCC. The molecule has 1 heterocycles. The summed E-state index contributed by atoms with van der Waals surface area (Å²) in [6, 6.07) is 0. The quantitative estimate of drug-likeness (QED) is 0.368. The zero-order valence-electron chi connectivity index (χ0n) is 14.9. The van der Waals surface area contributed by atoms with Crippen molar-refractivity contribution in [1.29, 1.82) is 0 Å². The van der Waals surface area contributed by atoms with Crippen molar-refractivity contribution in [3.8, 4) is 0 Å². The van der Waals surface area contributed by atoms with E-state index in [4.69, 9.17) is 9.73 Å². The maximum absolute atomic E-state index is 5.58. The minimum absolute atomic E-state index is 0.740. The van der Waals surface area contributed by atoms with Crippen LogP contribution in [0.25, 0.3) is 0 Å². The number of unbranched alkanes of at least 4 members (excludes halogenated alkanes) is 1. The number of hydrogen-bond acceptors (Lipinski definition) is 3. The molecular formula is C17H36N4O. The Morgan fingerprint density at radius 1 is 1.14 bits per heavy atom. The highest BCUT2D eigenvalue weighted by atomic mass is 16.5. The molecule has 1 saturated heterocycles. The molecule has 0 radical (unpaired) electrons. The summed E-state index contributed by atoms with van der Waals surface area (Å²) in [4.78, 5) is 7.15. The molecule has 0 spiro atoms. The van der Waals surface area contributed by atoms with Crippen molar-refractivity contribution in [3.05, 3.63) is 0 Å². The monoisotopic (exact) mass is 312 g/mol. The van der Waals surface area contributed by atoms with E-state index in [0.717, 1.165) is 57.6 Å². The number of guanidine groups is 1. The number of ether oxygens (including phenoxy) is 1. The molecule has 5 nitrogen and oxygen atoms in total. The van der Waals surface area contributed by atoms with Crippen molar-refractivity contribution in [3.63, 3.8) is 0 Å². The van der Waals surface area contributed by atoms with Crippen LogP contribution in [0.3, 0.4) is 0 Å². The van der Waals surface area contributed by atoms with E-state index in [1.165, 1.54) is 32.4 Å². The molecule has 0 bridgehead atoms. The van der Waals surface area contributed by atoms with Crippen LogP contribution >= 0.6 is 0 Å². The summed E-state index contributed by atoms with van der Waals surface area (Å²) >= 11 is 0. The summed E-state index contributed by atoms with van der Waals surface area (Å²) in [7, 11) is 2.20. The Morgan fingerprint density at radius 2 is 1.86 bits per heavy atom. The largest absolute Gasteiger partial charge is 0.381 e. The van der Waals surface area contributed by atoms with Gasteiger partial charge in [-0.15, -0.1) is 0 Å². The minimum Gasteiger partial charge on any atom is -0.381 e. The summed E-state index contributed by atoms with van der Waals surface area (Å²) < 4.78 is 5.58. The van der Waals surface area contributed by atoms with Crippen LogP contribution < -0.4 is 10.6 Å². The lowest BCUT2D eigenvalue weighted by molar-refractivity contribution is 0.129. The van der Waals surface area contributed by atoms with Crippen LogP contribution in [0.2, 0.25) is 0 Å². The lowest BCUT2D eigenvalue weighted by atomic mass is 9.97. The smallest absolute Gasteiger partial charge is 0.191 e. The van der Waals surface area contributed by atoms with E-state index in [0.29, 0.717) is 0 Å². The van der Waals surface area contributed by atoms with E-state index in [1.807, 2.05) is 0 Å². The summed E-state index contributed by atoms with van der Waals surface area (Å²) in [5, 5.41) is 6.74. The molecule has 1 rings (SSSR count). The molecule has 130 valence electrons. The maximum atomic E-state index is 5.58. The third kappa shape index (κ3) is 9.26. The van der Waals surface area contributed by atoms with Gasteiger partial charge in [0.2, 0.25) is 0 Å². The van der Waals surface area contributed by atoms with E-state index in [2.05, 4.69) is 36.4 Å².